The Bertz CT molecular complexity index is 594. The molecule has 0 saturated carbocycles. The second kappa shape index (κ2) is 8.08. The third-order valence-electron chi connectivity index (χ3n) is 2.21. The number of carbonyl (C=O) groups excluding carboxylic acids is 2. The van der Waals surface area contributed by atoms with Crippen LogP contribution >= 0.6 is 11.6 Å². The van der Waals surface area contributed by atoms with E-state index in [0.717, 1.165) is 0 Å². The van der Waals surface area contributed by atoms with Gasteiger partial charge in [-0.1, -0.05) is 0 Å². The van der Waals surface area contributed by atoms with Gasteiger partial charge in [-0.3, -0.25) is 14.9 Å². The van der Waals surface area contributed by atoms with Gasteiger partial charge in [-0.05, 0) is 25.4 Å². The molecule has 0 saturated heterocycles. The van der Waals surface area contributed by atoms with Crippen LogP contribution in [0.4, 0.5) is 11.5 Å². The Morgan fingerprint density at radius 2 is 1.91 bits per heavy atom. The minimum absolute atomic E-state index is 0.00317. The Morgan fingerprint density at radius 3 is 2.45 bits per heavy atom. The van der Waals surface area contributed by atoms with Gasteiger partial charge < -0.3 is 14.8 Å². The number of hydrogen-bond donors (Lipinski definition) is 1. The van der Waals surface area contributed by atoms with Crippen molar-refractivity contribution < 1.29 is 24.0 Å². The molecule has 0 amide bonds. The highest BCUT2D eigenvalue weighted by atomic mass is 35.5. The molecule has 1 aromatic rings. The SMILES string of the molecule is CCOC(=O)CNc1nc(Cl)nc(C(=O)OCC)c1[N+](=O)[O-]. The first kappa shape index (κ1) is 17.6. The third-order valence-corrected chi connectivity index (χ3v) is 2.38. The van der Waals surface area contributed by atoms with Crippen LogP contribution in [0.3, 0.4) is 0 Å². The van der Waals surface area contributed by atoms with E-state index in [0.29, 0.717) is 0 Å². The number of aromatic nitrogens is 2. The van der Waals surface area contributed by atoms with Gasteiger partial charge in [0.25, 0.3) is 0 Å². The molecular weight excluding hydrogens is 320 g/mol. The Labute approximate surface area is 129 Å². The van der Waals surface area contributed by atoms with Crippen LogP contribution in [0, 0.1) is 10.1 Å². The maximum absolute atomic E-state index is 11.7. The van der Waals surface area contributed by atoms with E-state index in [-0.39, 0.29) is 25.6 Å². The van der Waals surface area contributed by atoms with E-state index in [4.69, 9.17) is 11.6 Å². The Balaban J connectivity index is 3.17. The zero-order valence-electron chi connectivity index (χ0n) is 11.8. The second-order valence-electron chi connectivity index (χ2n) is 3.67. The highest BCUT2D eigenvalue weighted by Gasteiger charge is 2.30. The number of hydrogen-bond acceptors (Lipinski definition) is 9. The van der Waals surface area contributed by atoms with Crippen molar-refractivity contribution in [3.8, 4) is 0 Å². The molecule has 10 nitrogen and oxygen atoms in total. The van der Waals surface area contributed by atoms with Crippen molar-refractivity contribution in [3.63, 3.8) is 0 Å². The summed E-state index contributed by atoms with van der Waals surface area (Å²) in [5.41, 5.74) is -1.33. The van der Waals surface area contributed by atoms with E-state index in [1.807, 2.05) is 0 Å². The van der Waals surface area contributed by atoms with Crippen molar-refractivity contribution in [1.82, 2.24) is 9.97 Å². The minimum Gasteiger partial charge on any atom is -0.465 e. The van der Waals surface area contributed by atoms with Crippen LogP contribution in [-0.2, 0) is 14.3 Å². The summed E-state index contributed by atoms with van der Waals surface area (Å²) in [5, 5.41) is 13.1. The van der Waals surface area contributed by atoms with Crippen molar-refractivity contribution >= 4 is 35.0 Å². The number of carbonyl (C=O) groups is 2. The molecule has 1 aromatic heterocycles. The predicted octanol–water partition coefficient (Wildman–Crippen LogP) is 1.19. The van der Waals surface area contributed by atoms with Crippen molar-refractivity contribution in [2.75, 3.05) is 25.1 Å². The molecule has 1 N–H and O–H groups in total. The van der Waals surface area contributed by atoms with E-state index >= 15 is 0 Å². The normalized spacial score (nSPS) is 9.95. The highest BCUT2D eigenvalue weighted by Crippen LogP contribution is 2.27. The molecule has 0 unspecified atom stereocenters. The van der Waals surface area contributed by atoms with Crippen LogP contribution in [-0.4, -0.2) is 46.6 Å². The fourth-order valence-corrected chi connectivity index (χ4v) is 1.60. The number of nitrogens with zero attached hydrogens (tertiary/aromatic N) is 3. The van der Waals surface area contributed by atoms with E-state index in [1.54, 1.807) is 6.92 Å². The van der Waals surface area contributed by atoms with Crippen LogP contribution < -0.4 is 5.32 Å². The minimum atomic E-state index is -1.02. The third kappa shape index (κ3) is 4.52. The Morgan fingerprint density at radius 1 is 1.27 bits per heavy atom. The van der Waals surface area contributed by atoms with Gasteiger partial charge in [0.2, 0.25) is 16.8 Å². The largest absolute Gasteiger partial charge is 0.465 e. The number of nitro groups is 1. The molecule has 22 heavy (non-hydrogen) atoms. The van der Waals surface area contributed by atoms with Gasteiger partial charge in [-0.15, -0.1) is 0 Å². The summed E-state index contributed by atoms with van der Waals surface area (Å²) in [4.78, 5) is 40.4. The maximum atomic E-state index is 11.7. The molecular formula is C11H13ClN4O6. The van der Waals surface area contributed by atoms with Crippen LogP contribution in [0.1, 0.15) is 24.3 Å². The van der Waals surface area contributed by atoms with Crippen LogP contribution in [0.15, 0.2) is 0 Å². The van der Waals surface area contributed by atoms with Crippen LogP contribution in [0.5, 0.6) is 0 Å². The Kier molecular flexibility index (Phi) is 6.45. The van der Waals surface area contributed by atoms with Gasteiger partial charge in [0, 0.05) is 0 Å². The first-order valence-electron chi connectivity index (χ1n) is 6.19. The fourth-order valence-electron chi connectivity index (χ4n) is 1.43. The number of ether oxygens (including phenoxy) is 2. The quantitative estimate of drug-likeness (QED) is 0.338. The lowest BCUT2D eigenvalue weighted by molar-refractivity contribution is -0.384. The summed E-state index contributed by atoms with van der Waals surface area (Å²) in [5.74, 6) is -2.04. The molecule has 0 spiro atoms. The molecule has 1 heterocycles. The fraction of sp³-hybridized carbons (Fsp3) is 0.455. The van der Waals surface area contributed by atoms with Crippen molar-refractivity contribution in [3.05, 3.63) is 21.1 Å². The van der Waals surface area contributed by atoms with Crippen molar-refractivity contribution in [2.45, 2.75) is 13.8 Å². The lowest BCUT2D eigenvalue weighted by Gasteiger charge is -2.08. The molecule has 11 heteroatoms. The van der Waals surface area contributed by atoms with E-state index in [2.05, 4.69) is 24.8 Å². The molecule has 120 valence electrons. The van der Waals surface area contributed by atoms with E-state index in [1.165, 1.54) is 6.92 Å². The summed E-state index contributed by atoms with van der Waals surface area (Å²) in [6, 6.07) is 0. The van der Waals surface area contributed by atoms with Gasteiger partial charge in [0.05, 0.1) is 18.1 Å². The number of nitrogens with one attached hydrogen (secondary N) is 1. The topological polar surface area (TPSA) is 134 Å². The monoisotopic (exact) mass is 332 g/mol. The van der Waals surface area contributed by atoms with Gasteiger partial charge in [0.15, 0.2) is 0 Å². The molecule has 0 aliphatic carbocycles. The number of esters is 2. The average molecular weight is 333 g/mol. The summed E-state index contributed by atoms with van der Waals surface area (Å²) in [6.45, 7) is 2.92. The van der Waals surface area contributed by atoms with Gasteiger partial charge >= 0.3 is 17.6 Å². The first-order chi connectivity index (χ1) is 10.4. The molecule has 0 radical (unpaired) electrons. The number of halogens is 1. The summed E-state index contributed by atoms with van der Waals surface area (Å²) in [6.07, 6.45) is 0. The molecule has 0 aromatic carbocycles. The zero-order valence-corrected chi connectivity index (χ0v) is 12.5. The van der Waals surface area contributed by atoms with Crippen LogP contribution in [0.2, 0.25) is 5.28 Å². The molecule has 0 bridgehead atoms. The summed E-state index contributed by atoms with van der Waals surface area (Å²) < 4.78 is 9.35. The van der Waals surface area contributed by atoms with Gasteiger partial charge in [-0.2, -0.15) is 4.98 Å². The van der Waals surface area contributed by atoms with Gasteiger partial charge in [0.1, 0.15) is 6.54 Å². The smallest absolute Gasteiger partial charge is 0.364 e. The zero-order chi connectivity index (χ0) is 16.7. The average Bonchev–Trinajstić information content (AvgIpc) is 2.44. The van der Waals surface area contributed by atoms with E-state index in [9.17, 15) is 19.7 Å². The lowest BCUT2D eigenvalue weighted by atomic mass is 10.3. The van der Waals surface area contributed by atoms with Crippen molar-refractivity contribution in [1.29, 1.82) is 0 Å². The molecule has 0 fully saturated rings. The Hall–Kier alpha value is -2.49. The molecule has 0 atom stereocenters. The molecule has 0 aliphatic rings. The molecule has 1 rings (SSSR count). The number of anilines is 1. The maximum Gasteiger partial charge on any atom is 0.364 e. The summed E-state index contributed by atoms with van der Waals surface area (Å²) >= 11 is 5.64. The van der Waals surface area contributed by atoms with Crippen molar-refractivity contribution in [2.24, 2.45) is 0 Å². The number of rotatable bonds is 7. The highest BCUT2D eigenvalue weighted by molar-refractivity contribution is 6.28. The standard InChI is InChI=1S/C11H13ClN4O6/c1-3-21-6(17)5-13-9-8(16(19)20)7(10(18)22-4-2)14-11(12)15-9/h3-5H2,1-2H3,(H,13,14,15). The second-order valence-corrected chi connectivity index (χ2v) is 4.01. The van der Waals surface area contributed by atoms with Crippen LogP contribution in [0.25, 0.3) is 0 Å². The van der Waals surface area contributed by atoms with E-state index < -0.39 is 33.5 Å². The van der Waals surface area contributed by atoms with Gasteiger partial charge in [-0.25, -0.2) is 9.78 Å². The summed E-state index contributed by atoms with van der Waals surface area (Å²) in [7, 11) is 0. The molecule has 0 aliphatic heterocycles. The lowest BCUT2D eigenvalue weighted by Crippen LogP contribution is -2.20. The first-order valence-corrected chi connectivity index (χ1v) is 6.57. The predicted molar refractivity (Wildman–Crippen MR) is 74.8 cm³/mol.